The van der Waals surface area contributed by atoms with Crippen molar-refractivity contribution in [2.45, 2.75) is 13.1 Å². The number of benzene rings is 1. The number of amides is 2. The van der Waals surface area contributed by atoms with Crippen molar-refractivity contribution in [1.29, 1.82) is 0 Å². The summed E-state index contributed by atoms with van der Waals surface area (Å²) < 4.78 is 39.6. The fourth-order valence-electron chi connectivity index (χ4n) is 2.89. The van der Waals surface area contributed by atoms with Gasteiger partial charge in [-0.25, -0.2) is 9.67 Å². The van der Waals surface area contributed by atoms with Gasteiger partial charge in [0.15, 0.2) is 0 Å². The number of nitrogens with one attached hydrogen (secondary N) is 2. The average molecular weight is 482 g/mol. The Morgan fingerprint density at radius 2 is 1.66 bits per heavy atom. The lowest BCUT2D eigenvalue weighted by molar-refractivity contribution is -0.142. The highest BCUT2D eigenvalue weighted by molar-refractivity contribution is 6.05. The zero-order valence-corrected chi connectivity index (χ0v) is 18.7. The maximum Gasteiger partial charge on any atom is 0.433 e. The average Bonchev–Trinajstić information content (AvgIpc) is 3.36. The van der Waals surface area contributed by atoms with E-state index < -0.39 is 17.8 Å². The molecule has 1 aromatic carbocycles. The molecule has 2 amide bonds. The lowest BCUT2D eigenvalue weighted by Crippen LogP contribution is -2.19. The summed E-state index contributed by atoms with van der Waals surface area (Å²) in [4.78, 5) is 31.8. The summed E-state index contributed by atoms with van der Waals surface area (Å²) in [6.45, 7) is 2.02. The first kappa shape index (κ1) is 25.1. The Labute approximate surface area is 198 Å². The van der Waals surface area contributed by atoms with Crippen LogP contribution in [0.2, 0.25) is 0 Å². The summed E-state index contributed by atoms with van der Waals surface area (Å²) in [5.41, 5.74) is 0.923. The Kier molecular flexibility index (Phi) is 7.92. The van der Waals surface area contributed by atoms with Crippen molar-refractivity contribution in [3.05, 3.63) is 102 Å². The molecule has 0 unspecified atom stereocenters. The van der Waals surface area contributed by atoms with E-state index in [-0.39, 0.29) is 23.0 Å². The highest BCUT2D eigenvalue weighted by Gasteiger charge is 2.35. The van der Waals surface area contributed by atoms with Crippen molar-refractivity contribution in [2.24, 2.45) is 0 Å². The van der Waals surface area contributed by atoms with Gasteiger partial charge in [0.2, 0.25) is 0 Å². The minimum Gasteiger partial charge on any atom is -0.355 e. The molecule has 35 heavy (non-hydrogen) atoms. The minimum absolute atomic E-state index is 0.0944. The first-order valence-electron chi connectivity index (χ1n) is 10.3. The molecule has 8 nitrogen and oxygen atoms in total. The molecule has 0 aliphatic heterocycles. The molecule has 4 aromatic rings. The van der Waals surface area contributed by atoms with E-state index in [9.17, 15) is 22.8 Å². The molecule has 3 heterocycles. The third-order valence-corrected chi connectivity index (χ3v) is 4.59. The molecule has 0 radical (unpaired) electrons. The number of aromatic nitrogens is 4. The predicted molar refractivity (Wildman–Crippen MR) is 123 cm³/mol. The number of hydrogen-bond donors (Lipinski definition) is 2. The Morgan fingerprint density at radius 3 is 2.20 bits per heavy atom. The van der Waals surface area contributed by atoms with Crippen LogP contribution in [-0.4, -0.2) is 38.6 Å². The van der Waals surface area contributed by atoms with Crippen LogP contribution in [0.3, 0.4) is 0 Å². The normalized spacial score (nSPS) is 10.7. The fourth-order valence-corrected chi connectivity index (χ4v) is 2.89. The third-order valence-electron chi connectivity index (χ3n) is 4.59. The van der Waals surface area contributed by atoms with Crippen LogP contribution in [0.1, 0.15) is 32.0 Å². The summed E-state index contributed by atoms with van der Waals surface area (Å²) in [5.74, 6) is -0.710. The van der Waals surface area contributed by atoms with Gasteiger partial charge in [-0.2, -0.15) is 18.3 Å². The fraction of sp³-hybridized carbons (Fsp3) is 0.125. The number of carbonyl (C=O) groups is 2. The van der Waals surface area contributed by atoms with E-state index in [1.165, 1.54) is 43.1 Å². The van der Waals surface area contributed by atoms with E-state index in [1.807, 2.05) is 25.3 Å². The largest absolute Gasteiger partial charge is 0.433 e. The summed E-state index contributed by atoms with van der Waals surface area (Å²) in [5, 5.41) is 8.64. The molecule has 0 aliphatic carbocycles. The van der Waals surface area contributed by atoms with E-state index in [4.69, 9.17) is 0 Å². The number of nitrogens with zero attached hydrogens (tertiary/aromatic N) is 4. The van der Waals surface area contributed by atoms with Crippen LogP contribution in [0.25, 0.3) is 5.69 Å². The maximum atomic E-state index is 13.0. The number of pyridine rings is 2. The topological polar surface area (TPSA) is 102 Å². The molecule has 0 fully saturated rings. The summed E-state index contributed by atoms with van der Waals surface area (Å²) in [6.07, 6.45) is 1.25. The van der Waals surface area contributed by atoms with E-state index >= 15 is 0 Å². The molecule has 11 heteroatoms. The van der Waals surface area contributed by atoms with E-state index in [2.05, 4.69) is 25.7 Å². The Balaban J connectivity index is 0.000000420. The molecule has 0 saturated heterocycles. The van der Waals surface area contributed by atoms with Crippen LogP contribution in [-0.2, 0) is 6.18 Å². The predicted octanol–water partition coefficient (Wildman–Crippen LogP) is 4.29. The van der Waals surface area contributed by atoms with Crippen molar-refractivity contribution in [2.75, 3.05) is 12.4 Å². The molecule has 0 atom stereocenters. The number of alkyl halides is 3. The van der Waals surface area contributed by atoms with Crippen molar-refractivity contribution < 1.29 is 22.8 Å². The molecule has 2 N–H and O–H groups in total. The zero-order valence-electron chi connectivity index (χ0n) is 18.7. The smallest absolute Gasteiger partial charge is 0.355 e. The van der Waals surface area contributed by atoms with Crippen LogP contribution in [0, 0.1) is 6.92 Å². The van der Waals surface area contributed by atoms with Crippen LogP contribution in [0.5, 0.6) is 0 Å². The monoisotopic (exact) mass is 482 g/mol. The van der Waals surface area contributed by atoms with Crippen LogP contribution >= 0.6 is 0 Å². The SMILES string of the molecule is CNC(=O)c1cccc(C(=O)Nc2ccc(-n3nccc3C(F)(F)F)cn2)c1.Cc1cccnc1. The van der Waals surface area contributed by atoms with Crippen molar-refractivity contribution >= 4 is 17.6 Å². The van der Waals surface area contributed by atoms with Gasteiger partial charge >= 0.3 is 6.18 Å². The summed E-state index contributed by atoms with van der Waals surface area (Å²) in [7, 11) is 1.48. The molecular formula is C24H21F3N6O2. The lowest BCUT2D eigenvalue weighted by atomic mass is 10.1. The van der Waals surface area contributed by atoms with Gasteiger partial charge in [0.05, 0.1) is 18.1 Å². The highest BCUT2D eigenvalue weighted by Crippen LogP contribution is 2.30. The molecule has 0 bridgehead atoms. The first-order valence-corrected chi connectivity index (χ1v) is 10.3. The van der Waals surface area contributed by atoms with Gasteiger partial charge in [-0.05, 0) is 55.0 Å². The highest BCUT2D eigenvalue weighted by atomic mass is 19.4. The van der Waals surface area contributed by atoms with Gasteiger partial charge in [0.1, 0.15) is 11.5 Å². The second-order valence-corrected chi connectivity index (χ2v) is 7.17. The summed E-state index contributed by atoms with van der Waals surface area (Å²) >= 11 is 0. The van der Waals surface area contributed by atoms with Gasteiger partial charge in [0, 0.05) is 30.6 Å². The van der Waals surface area contributed by atoms with Crippen molar-refractivity contribution in [1.82, 2.24) is 25.1 Å². The number of rotatable bonds is 4. The Hall–Kier alpha value is -4.54. The zero-order chi connectivity index (χ0) is 25.4. The van der Waals surface area contributed by atoms with Gasteiger partial charge in [-0.15, -0.1) is 0 Å². The number of anilines is 1. The maximum absolute atomic E-state index is 13.0. The Bertz CT molecular complexity index is 1290. The van der Waals surface area contributed by atoms with Crippen LogP contribution in [0.15, 0.2) is 79.4 Å². The van der Waals surface area contributed by atoms with Gasteiger partial charge in [-0.1, -0.05) is 12.1 Å². The number of aryl methyl sites for hydroxylation is 1. The van der Waals surface area contributed by atoms with E-state index in [0.717, 1.165) is 12.3 Å². The number of hydrogen-bond acceptors (Lipinski definition) is 5. The molecule has 0 spiro atoms. The first-order chi connectivity index (χ1) is 16.7. The van der Waals surface area contributed by atoms with E-state index in [1.54, 1.807) is 18.3 Å². The standard InChI is InChI=1S/C18H14F3N5O2.C6H7N/c1-22-16(27)11-3-2-4-12(9-11)17(28)25-15-6-5-13(10-23-15)26-14(7-8-24-26)18(19,20)21;1-6-3-2-4-7-5-6/h2-10H,1H3,(H,22,27)(H,23,25,28);2-5H,1H3. The van der Waals surface area contributed by atoms with Gasteiger partial charge in [0.25, 0.3) is 11.8 Å². The number of carbonyl (C=O) groups excluding carboxylic acids is 2. The number of halogens is 3. The molecule has 4 rings (SSSR count). The van der Waals surface area contributed by atoms with Crippen molar-refractivity contribution in [3.8, 4) is 5.69 Å². The summed E-state index contributed by atoms with van der Waals surface area (Å²) in [6, 6.07) is 13.6. The Morgan fingerprint density at radius 1 is 0.914 bits per heavy atom. The van der Waals surface area contributed by atoms with Crippen LogP contribution < -0.4 is 10.6 Å². The lowest BCUT2D eigenvalue weighted by Gasteiger charge is -2.11. The van der Waals surface area contributed by atoms with Crippen LogP contribution in [0.4, 0.5) is 19.0 Å². The van der Waals surface area contributed by atoms with Gasteiger partial charge < -0.3 is 10.6 Å². The van der Waals surface area contributed by atoms with Crippen molar-refractivity contribution in [3.63, 3.8) is 0 Å². The molecule has 3 aromatic heterocycles. The molecule has 0 aliphatic rings. The second kappa shape index (κ2) is 11.1. The minimum atomic E-state index is -4.56. The molecular weight excluding hydrogens is 461 g/mol. The third kappa shape index (κ3) is 6.73. The second-order valence-electron chi connectivity index (χ2n) is 7.17. The van der Waals surface area contributed by atoms with Gasteiger partial charge in [-0.3, -0.25) is 14.6 Å². The quantitative estimate of drug-likeness (QED) is 0.452. The molecule has 0 saturated carbocycles. The molecule has 180 valence electrons. The van der Waals surface area contributed by atoms with E-state index in [0.29, 0.717) is 10.2 Å².